The van der Waals surface area contributed by atoms with E-state index in [9.17, 15) is 13.6 Å². The molecule has 1 aliphatic heterocycles. The monoisotopic (exact) mass is 717 g/mol. The van der Waals surface area contributed by atoms with Gasteiger partial charge in [0.25, 0.3) is 5.91 Å². The summed E-state index contributed by atoms with van der Waals surface area (Å²) in [6.45, 7) is 3.97. The van der Waals surface area contributed by atoms with Crippen LogP contribution in [0.2, 0.25) is 0 Å². The van der Waals surface area contributed by atoms with Gasteiger partial charge in [0, 0.05) is 54.4 Å². The van der Waals surface area contributed by atoms with Gasteiger partial charge in [-0.2, -0.15) is 0 Å². The zero-order valence-electron chi connectivity index (χ0n) is 29.6. The van der Waals surface area contributed by atoms with Crippen molar-refractivity contribution in [2.24, 2.45) is 0 Å². The molecule has 6 aromatic rings. The molecule has 7 rings (SSSR count). The minimum atomic E-state index is -0.862. The minimum absolute atomic E-state index is 0.204. The highest BCUT2D eigenvalue weighted by Crippen LogP contribution is 2.35. The highest BCUT2D eigenvalue weighted by molar-refractivity contribution is 6.05. The third-order valence-electron chi connectivity index (χ3n) is 9.36. The molecule has 0 atom stereocenters. The molecular weight excluding hydrogens is 676 g/mol. The topological polar surface area (TPSA) is 121 Å². The number of nitrogens with one attached hydrogen (secondary N) is 4. The molecule has 0 bridgehead atoms. The maximum Gasteiger partial charge on any atom is 0.255 e. The predicted octanol–water partition coefficient (Wildman–Crippen LogP) is 6.91. The number of hydrogen-bond acceptors (Lipinski definition) is 9. The number of benzene rings is 3. The van der Waals surface area contributed by atoms with Crippen molar-refractivity contribution in [3.8, 4) is 28.4 Å². The lowest BCUT2D eigenvalue weighted by Gasteiger charge is -2.34. The molecular formula is C40H41F2N9O2. The Bertz CT molecular complexity index is 2200. The molecule has 4 heterocycles. The van der Waals surface area contributed by atoms with Gasteiger partial charge in [0.05, 0.1) is 29.9 Å². The summed E-state index contributed by atoms with van der Waals surface area (Å²) in [5, 5.41) is 12.6. The van der Waals surface area contributed by atoms with Gasteiger partial charge in [-0.05, 0) is 94.0 Å². The first kappa shape index (κ1) is 35.5. The van der Waals surface area contributed by atoms with Gasteiger partial charge in [-0.15, -0.1) is 0 Å². The fourth-order valence-electron chi connectivity index (χ4n) is 6.62. The van der Waals surface area contributed by atoms with E-state index in [4.69, 9.17) is 14.7 Å². The number of para-hydroxylation sites is 1. The van der Waals surface area contributed by atoms with E-state index in [2.05, 4.69) is 37.2 Å². The normalized spacial score (nSPS) is 13.3. The Balaban J connectivity index is 1.12. The van der Waals surface area contributed by atoms with Crippen LogP contribution in [0.5, 0.6) is 5.75 Å². The number of halogens is 2. The quantitative estimate of drug-likeness (QED) is 0.0946. The van der Waals surface area contributed by atoms with E-state index in [-0.39, 0.29) is 5.56 Å². The number of anilines is 4. The maximum absolute atomic E-state index is 14.3. The largest absolute Gasteiger partial charge is 0.494 e. The van der Waals surface area contributed by atoms with E-state index in [1.807, 2.05) is 54.0 Å². The molecule has 0 unspecified atom stereocenters. The molecule has 1 saturated heterocycles. The minimum Gasteiger partial charge on any atom is -0.494 e. The van der Waals surface area contributed by atoms with Gasteiger partial charge in [0.15, 0.2) is 0 Å². The number of aromatic nitrogens is 4. The molecule has 0 radical (unpaired) electrons. The summed E-state index contributed by atoms with van der Waals surface area (Å²) in [5.41, 5.74) is 4.61. The first-order valence-corrected chi connectivity index (χ1v) is 17.7. The number of pyridine rings is 1. The fourth-order valence-corrected chi connectivity index (χ4v) is 6.62. The summed E-state index contributed by atoms with van der Waals surface area (Å²) in [7, 11) is 3.63. The number of fused-ring (bicyclic) bond motifs is 1. The van der Waals surface area contributed by atoms with Crippen LogP contribution in [0.1, 0.15) is 29.6 Å². The van der Waals surface area contributed by atoms with Crippen molar-refractivity contribution >= 4 is 34.6 Å². The summed E-state index contributed by atoms with van der Waals surface area (Å²) in [4.78, 5) is 29.8. The van der Waals surface area contributed by atoms with E-state index in [0.717, 1.165) is 68.9 Å². The molecule has 3 aromatic carbocycles. The summed E-state index contributed by atoms with van der Waals surface area (Å²) in [6, 6.07) is 24.2. The van der Waals surface area contributed by atoms with Crippen molar-refractivity contribution in [3.63, 3.8) is 0 Å². The van der Waals surface area contributed by atoms with Crippen LogP contribution >= 0.6 is 0 Å². The van der Waals surface area contributed by atoms with Crippen molar-refractivity contribution in [1.82, 2.24) is 30.0 Å². The first-order chi connectivity index (χ1) is 25.9. The van der Waals surface area contributed by atoms with E-state index >= 15 is 0 Å². The number of nitrogens with zero attached hydrogens (tertiary/aromatic N) is 5. The average molecular weight is 718 g/mol. The van der Waals surface area contributed by atoms with Gasteiger partial charge < -0.3 is 30.9 Å². The molecule has 272 valence electrons. The van der Waals surface area contributed by atoms with Gasteiger partial charge >= 0.3 is 0 Å². The Kier molecular flexibility index (Phi) is 10.8. The van der Waals surface area contributed by atoms with Crippen molar-refractivity contribution in [2.45, 2.75) is 25.3 Å². The number of rotatable bonds is 13. The standard InChI is InChI=1S/C40H41F2N9O2/c1-43-18-7-19-44-28-16-22-50(23-17-28)29-13-14-32(34(25-29)53-2)46-40-45-20-15-33(47-40)38-36(48-35-12-3-4-21-51(35)38)26-8-5-9-27(24-26)39(52)49-37-30(41)10-6-11-31(37)42/h3-6,8-15,20-21,24-25,28,43-44H,7,16-19,22-23H2,1-2H3,(H,49,52)(H,45,46,47). The number of piperidine rings is 1. The SMILES string of the molecule is CNCCCNC1CCN(c2ccc(Nc3nccc(-c4c(-c5cccc(C(=O)Nc6c(F)cccc6F)c5)nc5ccccn45)n3)c(OC)c2)CC1. The van der Waals surface area contributed by atoms with Crippen molar-refractivity contribution < 1.29 is 18.3 Å². The Morgan fingerprint density at radius 2 is 1.74 bits per heavy atom. The average Bonchev–Trinajstić information content (AvgIpc) is 3.58. The molecule has 11 nitrogen and oxygen atoms in total. The molecule has 4 N–H and O–H groups in total. The maximum atomic E-state index is 14.3. The molecule has 13 heteroatoms. The Labute approximate surface area is 306 Å². The second-order valence-electron chi connectivity index (χ2n) is 12.8. The molecule has 1 fully saturated rings. The lowest BCUT2D eigenvalue weighted by molar-refractivity contribution is 0.102. The number of methoxy groups -OCH3 is 1. The molecule has 0 spiro atoms. The van der Waals surface area contributed by atoms with Gasteiger partial charge in [0.2, 0.25) is 5.95 Å². The smallest absolute Gasteiger partial charge is 0.255 e. The lowest BCUT2D eigenvalue weighted by atomic mass is 10.0. The van der Waals surface area contributed by atoms with Crippen LogP contribution in [-0.2, 0) is 0 Å². The van der Waals surface area contributed by atoms with Gasteiger partial charge in [-0.1, -0.05) is 24.3 Å². The van der Waals surface area contributed by atoms with E-state index in [1.54, 1.807) is 37.6 Å². The van der Waals surface area contributed by atoms with Crippen LogP contribution in [0, 0.1) is 11.6 Å². The summed E-state index contributed by atoms with van der Waals surface area (Å²) < 4.78 is 36.3. The number of hydrogen-bond donors (Lipinski definition) is 4. The molecule has 53 heavy (non-hydrogen) atoms. The highest BCUT2D eigenvalue weighted by atomic mass is 19.1. The number of amides is 1. The van der Waals surface area contributed by atoms with Crippen LogP contribution < -0.4 is 30.9 Å². The van der Waals surface area contributed by atoms with Crippen LogP contribution in [0.4, 0.5) is 31.8 Å². The van der Waals surface area contributed by atoms with Crippen molar-refractivity contribution in [2.75, 3.05) is 55.9 Å². The van der Waals surface area contributed by atoms with Crippen LogP contribution in [0.15, 0.2) is 97.3 Å². The third kappa shape index (κ3) is 7.96. The molecule has 0 saturated carbocycles. The number of imidazole rings is 1. The van der Waals surface area contributed by atoms with E-state index in [1.165, 1.54) is 6.07 Å². The fraction of sp³-hybridized carbons (Fsp3) is 0.250. The molecule has 3 aromatic heterocycles. The number of ether oxygens (including phenoxy) is 1. The Morgan fingerprint density at radius 1 is 0.925 bits per heavy atom. The van der Waals surface area contributed by atoms with Gasteiger partial charge in [0.1, 0.15) is 28.7 Å². The van der Waals surface area contributed by atoms with Crippen molar-refractivity contribution in [3.05, 3.63) is 115 Å². The predicted molar refractivity (Wildman–Crippen MR) is 204 cm³/mol. The van der Waals surface area contributed by atoms with Crippen molar-refractivity contribution in [1.29, 1.82) is 0 Å². The van der Waals surface area contributed by atoms with Crippen LogP contribution in [-0.4, -0.2) is 71.6 Å². The molecule has 1 aliphatic rings. The summed E-state index contributed by atoms with van der Waals surface area (Å²) in [5.74, 6) is -1.36. The lowest BCUT2D eigenvalue weighted by Crippen LogP contribution is -2.43. The first-order valence-electron chi connectivity index (χ1n) is 17.7. The van der Waals surface area contributed by atoms with E-state index < -0.39 is 23.2 Å². The molecule has 0 aliphatic carbocycles. The van der Waals surface area contributed by atoms with Crippen LogP contribution in [0.3, 0.4) is 0 Å². The second kappa shape index (κ2) is 16.2. The molecule has 1 amide bonds. The second-order valence-corrected chi connectivity index (χ2v) is 12.8. The third-order valence-corrected chi connectivity index (χ3v) is 9.36. The Morgan fingerprint density at radius 3 is 2.53 bits per heavy atom. The van der Waals surface area contributed by atoms with Gasteiger partial charge in [-0.3, -0.25) is 9.20 Å². The number of carbonyl (C=O) groups excluding carboxylic acids is 1. The summed E-state index contributed by atoms with van der Waals surface area (Å²) in [6.07, 6.45) is 6.84. The van der Waals surface area contributed by atoms with Crippen LogP contribution in [0.25, 0.3) is 28.3 Å². The van der Waals surface area contributed by atoms with Gasteiger partial charge in [-0.25, -0.2) is 23.7 Å². The Hall–Kier alpha value is -5.92. The van der Waals surface area contributed by atoms with E-state index in [0.29, 0.717) is 46.0 Å². The summed E-state index contributed by atoms with van der Waals surface area (Å²) >= 11 is 0. The number of carbonyl (C=O) groups is 1. The highest BCUT2D eigenvalue weighted by Gasteiger charge is 2.22. The zero-order chi connectivity index (χ0) is 36.7. The zero-order valence-corrected chi connectivity index (χ0v) is 29.6.